The molecule has 4 heteroatoms. The zero-order valence-corrected chi connectivity index (χ0v) is 6.71. The number of halogens is 1. The van der Waals surface area contributed by atoms with Crippen molar-refractivity contribution in [1.29, 1.82) is 0 Å². The SMILES string of the molecule is O=C(Cl)c1ccc2oncc2c1. The smallest absolute Gasteiger partial charge is 0.252 e. The molecule has 0 aliphatic heterocycles. The van der Waals surface area contributed by atoms with Crippen molar-refractivity contribution in [2.75, 3.05) is 0 Å². The van der Waals surface area contributed by atoms with Crippen LogP contribution in [0.3, 0.4) is 0 Å². The molecule has 0 atom stereocenters. The van der Waals surface area contributed by atoms with Crippen LogP contribution >= 0.6 is 11.6 Å². The number of fused-ring (bicyclic) bond motifs is 1. The maximum Gasteiger partial charge on any atom is 0.252 e. The summed E-state index contributed by atoms with van der Waals surface area (Å²) in [4.78, 5) is 10.7. The molecule has 1 heterocycles. The van der Waals surface area contributed by atoms with Crippen molar-refractivity contribution in [3.05, 3.63) is 30.0 Å². The maximum atomic E-state index is 10.7. The van der Waals surface area contributed by atoms with Gasteiger partial charge in [-0.1, -0.05) is 5.16 Å². The Labute approximate surface area is 72.9 Å². The van der Waals surface area contributed by atoms with E-state index in [4.69, 9.17) is 16.1 Å². The molecule has 0 fully saturated rings. The number of aromatic nitrogens is 1. The van der Waals surface area contributed by atoms with Gasteiger partial charge in [0.1, 0.15) is 0 Å². The number of hydrogen-bond acceptors (Lipinski definition) is 3. The predicted molar refractivity (Wildman–Crippen MR) is 44.2 cm³/mol. The fraction of sp³-hybridized carbons (Fsp3) is 0. The highest BCUT2D eigenvalue weighted by molar-refractivity contribution is 6.67. The quantitative estimate of drug-likeness (QED) is 0.634. The molecule has 0 spiro atoms. The van der Waals surface area contributed by atoms with E-state index in [2.05, 4.69) is 5.16 Å². The molecule has 0 aliphatic carbocycles. The van der Waals surface area contributed by atoms with Gasteiger partial charge in [0.2, 0.25) is 0 Å². The zero-order valence-electron chi connectivity index (χ0n) is 5.95. The van der Waals surface area contributed by atoms with Gasteiger partial charge in [-0.3, -0.25) is 4.79 Å². The Bertz CT molecular complexity index is 435. The second-order valence-corrected chi connectivity index (χ2v) is 2.70. The van der Waals surface area contributed by atoms with Gasteiger partial charge < -0.3 is 4.52 Å². The first kappa shape index (κ1) is 7.31. The monoisotopic (exact) mass is 181 g/mol. The third-order valence-corrected chi connectivity index (χ3v) is 1.80. The van der Waals surface area contributed by atoms with E-state index in [-0.39, 0.29) is 0 Å². The summed E-state index contributed by atoms with van der Waals surface area (Å²) in [5.74, 6) is 0. The minimum Gasteiger partial charge on any atom is -0.356 e. The van der Waals surface area contributed by atoms with Gasteiger partial charge in [-0.25, -0.2) is 0 Å². The average molecular weight is 182 g/mol. The number of carbonyl (C=O) groups is 1. The molecule has 0 radical (unpaired) electrons. The Hall–Kier alpha value is -1.35. The lowest BCUT2D eigenvalue weighted by molar-refractivity contribution is 0.108. The summed E-state index contributed by atoms with van der Waals surface area (Å²) < 4.78 is 4.85. The van der Waals surface area contributed by atoms with Crippen LogP contribution in [0.5, 0.6) is 0 Å². The fourth-order valence-electron chi connectivity index (χ4n) is 0.995. The molecule has 0 aliphatic rings. The summed E-state index contributed by atoms with van der Waals surface area (Å²) in [5.41, 5.74) is 1.10. The number of carbonyl (C=O) groups excluding carboxylic acids is 1. The van der Waals surface area contributed by atoms with E-state index in [0.717, 1.165) is 5.39 Å². The van der Waals surface area contributed by atoms with E-state index < -0.39 is 5.24 Å². The van der Waals surface area contributed by atoms with Crippen LogP contribution in [-0.2, 0) is 0 Å². The standard InChI is InChI=1S/C8H4ClNO2/c9-8(11)5-1-2-7-6(3-5)4-10-12-7/h1-4H. The van der Waals surface area contributed by atoms with Crippen molar-refractivity contribution in [3.8, 4) is 0 Å². The predicted octanol–water partition coefficient (Wildman–Crippen LogP) is 2.21. The molecule has 0 amide bonds. The van der Waals surface area contributed by atoms with Crippen molar-refractivity contribution in [1.82, 2.24) is 5.16 Å². The molecule has 0 bridgehead atoms. The summed E-state index contributed by atoms with van der Waals surface area (Å²) in [5, 5.41) is 3.88. The first-order valence-electron chi connectivity index (χ1n) is 3.31. The highest BCUT2D eigenvalue weighted by Crippen LogP contribution is 2.16. The third-order valence-electron chi connectivity index (χ3n) is 1.58. The van der Waals surface area contributed by atoms with Crippen LogP contribution in [-0.4, -0.2) is 10.4 Å². The molecule has 0 N–H and O–H groups in total. The van der Waals surface area contributed by atoms with Gasteiger partial charge in [0.15, 0.2) is 5.58 Å². The molecule has 2 aromatic rings. The average Bonchev–Trinajstić information content (AvgIpc) is 2.49. The normalized spacial score (nSPS) is 10.4. The Kier molecular flexibility index (Phi) is 1.59. The molecule has 1 aromatic carbocycles. The number of rotatable bonds is 1. The van der Waals surface area contributed by atoms with Crippen LogP contribution in [0.2, 0.25) is 0 Å². The molecule has 0 saturated carbocycles. The molecule has 3 nitrogen and oxygen atoms in total. The van der Waals surface area contributed by atoms with Crippen LogP contribution in [0.1, 0.15) is 10.4 Å². The maximum absolute atomic E-state index is 10.7. The number of nitrogens with zero attached hydrogens (tertiary/aromatic N) is 1. The van der Waals surface area contributed by atoms with Crippen LogP contribution in [0, 0.1) is 0 Å². The molecule has 0 unspecified atom stereocenters. The van der Waals surface area contributed by atoms with E-state index in [0.29, 0.717) is 11.1 Å². The fourth-order valence-corrected chi connectivity index (χ4v) is 1.11. The van der Waals surface area contributed by atoms with E-state index in [1.165, 1.54) is 0 Å². The van der Waals surface area contributed by atoms with Crippen molar-refractivity contribution in [2.45, 2.75) is 0 Å². The van der Waals surface area contributed by atoms with Gasteiger partial charge in [-0.15, -0.1) is 0 Å². The molecule has 2 rings (SSSR count). The number of hydrogen-bond donors (Lipinski definition) is 0. The number of benzene rings is 1. The van der Waals surface area contributed by atoms with E-state index in [9.17, 15) is 4.79 Å². The molecular formula is C8H4ClNO2. The van der Waals surface area contributed by atoms with Gasteiger partial charge >= 0.3 is 0 Å². The lowest BCUT2D eigenvalue weighted by Crippen LogP contribution is -1.86. The second kappa shape index (κ2) is 2.60. The molecule has 1 aromatic heterocycles. The van der Waals surface area contributed by atoms with Crippen molar-refractivity contribution >= 4 is 27.8 Å². The van der Waals surface area contributed by atoms with Gasteiger partial charge in [-0.05, 0) is 29.8 Å². The Morgan fingerprint density at radius 3 is 3.08 bits per heavy atom. The Balaban J connectivity index is 2.68. The molecule has 60 valence electrons. The topological polar surface area (TPSA) is 43.1 Å². The van der Waals surface area contributed by atoms with E-state index in [1.54, 1.807) is 24.4 Å². The van der Waals surface area contributed by atoms with Crippen LogP contribution < -0.4 is 0 Å². The summed E-state index contributed by atoms with van der Waals surface area (Å²) in [6.07, 6.45) is 1.54. The largest absolute Gasteiger partial charge is 0.356 e. The third kappa shape index (κ3) is 1.08. The van der Waals surface area contributed by atoms with Crippen LogP contribution in [0.4, 0.5) is 0 Å². The summed E-state index contributed by atoms with van der Waals surface area (Å²) in [6.45, 7) is 0. The summed E-state index contributed by atoms with van der Waals surface area (Å²) in [7, 11) is 0. The minimum atomic E-state index is -0.474. The lowest BCUT2D eigenvalue weighted by Gasteiger charge is -1.90. The molecule has 12 heavy (non-hydrogen) atoms. The Morgan fingerprint density at radius 1 is 1.50 bits per heavy atom. The zero-order chi connectivity index (χ0) is 8.55. The summed E-state index contributed by atoms with van der Waals surface area (Å²) in [6, 6.07) is 4.90. The molecular weight excluding hydrogens is 178 g/mol. The lowest BCUT2D eigenvalue weighted by atomic mass is 10.2. The van der Waals surface area contributed by atoms with Crippen molar-refractivity contribution in [2.24, 2.45) is 0 Å². The van der Waals surface area contributed by atoms with Crippen molar-refractivity contribution in [3.63, 3.8) is 0 Å². The van der Waals surface area contributed by atoms with E-state index >= 15 is 0 Å². The first-order valence-corrected chi connectivity index (χ1v) is 3.69. The van der Waals surface area contributed by atoms with E-state index in [1.807, 2.05) is 0 Å². The van der Waals surface area contributed by atoms with Gasteiger partial charge in [0.05, 0.1) is 6.20 Å². The van der Waals surface area contributed by atoms with Gasteiger partial charge in [-0.2, -0.15) is 0 Å². The van der Waals surface area contributed by atoms with Crippen LogP contribution in [0.25, 0.3) is 11.0 Å². The van der Waals surface area contributed by atoms with Crippen molar-refractivity contribution < 1.29 is 9.32 Å². The Morgan fingerprint density at radius 2 is 2.33 bits per heavy atom. The second-order valence-electron chi connectivity index (χ2n) is 2.35. The highest BCUT2D eigenvalue weighted by Gasteiger charge is 2.04. The minimum absolute atomic E-state index is 0.451. The highest BCUT2D eigenvalue weighted by atomic mass is 35.5. The summed E-state index contributed by atoms with van der Waals surface area (Å²) >= 11 is 5.28. The molecule has 0 saturated heterocycles. The first-order chi connectivity index (χ1) is 5.77. The van der Waals surface area contributed by atoms with Gasteiger partial charge in [0.25, 0.3) is 5.24 Å². The van der Waals surface area contributed by atoms with Crippen LogP contribution in [0.15, 0.2) is 28.9 Å². The van der Waals surface area contributed by atoms with Gasteiger partial charge in [0, 0.05) is 10.9 Å².